The number of carbonyl (C=O) groups is 2. The van der Waals surface area contributed by atoms with Gasteiger partial charge in [0.15, 0.2) is 11.4 Å². The quantitative estimate of drug-likeness (QED) is 0.570. The molecule has 0 radical (unpaired) electrons. The fourth-order valence-electron chi connectivity index (χ4n) is 1.63. The largest absolute Gasteiger partial charge is 0.463 e. The number of Topliss-reactive ketones (excluding diaryl/α,β-unsaturated/α-hetero) is 1. The molecule has 0 unspecified atom stereocenters. The molecular formula is C12H7NO3S. The molecule has 0 amide bonds. The number of fused-ring (bicyclic) bond motifs is 1. The average Bonchev–Trinajstić information content (AvgIpc) is 2.85. The summed E-state index contributed by atoms with van der Waals surface area (Å²) in [5.41, 5.74) is 2.10. The highest BCUT2D eigenvalue weighted by Gasteiger charge is 2.25. The zero-order valence-corrected chi connectivity index (χ0v) is 9.49. The molecule has 0 atom stereocenters. The normalized spacial score (nSPS) is 18.5. The second-order valence-corrected chi connectivity index (χ2v) is 4.72. The molecule has 0 aromatic carbocycles. The first kappa shape index (κ1) is 10.3. The van der Waals surface area contributed by atoms with E-state index in [1.807, 2.05) is 0 Å². The first-order valence-electron chi connectivity index (χ1n) is 5.02. The van der Waals surface area contributed by atoms with Crippen molar-refractivity contribution in [3.8, 4) is 0 Å². The van der Waals surface area contributed by atoms with E-state index in [4.69, 9.17) is 4.42 Å². The Morgan fingerprint density at radius 3 is 2.94 bits per heavy atom. The van der Waals surface area contributed by atoms with Crippen LogP contribution in [0, 0.1) is 0 Å². The van der Waals surface area contributed by atoms with Crippen molar-refractivity contribution < 1.29 is 14.0 Å². The van der Waals surface area contributed by atoms with Gasteiger partial charge in [0, 0.05) is 6.07 Å². The van der Waals surface area contributed by atoms with Gasteiger partial charge in [0.2, 0.25) is 5.12 Å². The zero-order valence-electron chi connectivity index (χ0n) is 8.67. The molecule has 2 aromatic rings. The summed E-state index contributed by atoms with van der Waals surface area (Å²) in [4.78, 5) is 27.3. The van der Waals surface area contributed by atoms with E-state index < -0.39 is 0 Å². The smallest absolute Gasteiger partial charge is 0.201 e. The van der Waals surface area contributed by atoms with Gasteiger partial charge in [-0.05, 0) is 30.0 Å². The van der Waals surface area contributed by atoms with Gasteiger partial charge in [0.05, 0.1) is 23.3 Å². The van der Waals surface area contributed by atoms with E-state index in [1.54, 1.807) is 30.5 Å². The van der Waals surface area contributed by atoms with Crippen LogP contribution in [0.2, 0.25) is 0 Å². The van der Waals surface area contributed by atoms with E-state index in [-0.39, 0.29) is 17.3 Å². The number of pyridine rings is 1. The molecule has 0 N–H and O–H groups in total. The van der Waals surface area contributed by atoms with Crippen LogP contribution in [-0.4, -0.2) is 15.9 Å². The van der Waals surface area contributed by atoms with Crippen LogP contribution in [0.5, 0.6) is 0 Å². The molecule has 4 nitrogen and oxygen atoms in total. The fourth-order valence-corrected chi connectivity index (χ4v) is 2.44. The number of nitrogens with zero attached hydrogens (tertiary/aromatic N) is 1. The minimum Gasteiger partial charge on any atom is -0.463 e. The Labute approximate surface area is 101 Å². The van der Waals surface area contributed by atoms with Crippen LogP contribution in [-0.2, 0) is 9.59 Å². The number of rotatable bonds is 1. The monoisotopic (exact) mass is 245 g/mol. The maximum Gasteiger partial charge on any atom is 0.201 e. The number of thioether (sulfide) groups is 1. The third kappa shape index (κ3) is 1.89. The van der Waals surface area contributed by atoms with Crippen LogP contribution in [0.15, 0.2) is 33.8 Å². The maximum absolute atomic E-state index is 11.4. The Kier molecular flexibility index (Phi) is 2.33. The summed E-state index contributed by atoms with van der Waals surface area (Å²) in [5.74, 6) is -0.130. The van der Waals surface area contributed by atoms with Crippen LogP contribution in [0.1, 0.15) is 12.1 Å². The molecule has 1 aliphatic heterocycles. The number of aromatic nitrogens is 1. The summed E-state index contributed by atoms with van der Waals surface area (Å²) < 4.78 is 5.17. The van der Waals surface area contributed by atoms with Gasteiger partial charge in [0.1, 0.15) is 5.52 Å². The van der Waals surface area contributed by atoms with Crippen molar-refractivity contribution in [2.45, 2.75) is 6.42 Å². The molecule has 0 saturated carbocycles. The van der Waals surface area contributed by atoms with Gasteiger partial charge < -0.3 is 4.42 Å². The summed E-state index contributed by atoms with van der Waals surface area (Å²) in [6.45, 7) is 0. The van der Waals surface area contributed by atoms with Gasteiger partial charge >= 0.3 is 0 Å². The van der Waals surface area contributed by atoms with Gasteiger partial charge in [-0.3, -0.25) is 9.59 Å². The number of allylic oxidation sites excluding steroid dienone is 1. The van der Waals surface area contributed by atoms with E-state index >= 15 is 0 Å². The lowest BCUT2D eigenvalue weighted by Gasteiger charge is -1.95. The standard InChI is InChI=1S/C12H7NO3S/c14-9-6-12(15)17-11(9)5-7-1-2-10-8(13-7)3-4-16-10/h1-5H,6H2/b11-5-. The third-order valence-electron chi connectivity index (χ3n) is 2.41. The number of hydrogen-bond acceptors (Lipinski definition) is 5. The molecule has 3 heterocycles. The SMILES string of the molecule is O=C1CC(=O)/C(=C/c2ccc3occc3n2)S1. The van der Waals surface area contributed by atoms with Crippen molar-refractivity contribution in [3.63, 3.8) is 0 Å². The molecule has 84 valence electrons. The number of ketones is 1. The Morgan fingerprint density at radius 2 is 2.18 bits per heavy atom. The van der Waals surface area contributed by atoms with Gasteiger partial charge in [0.25, 0.3) is 0 Å². The zero-order chi connectivity index (χ0) is 11.8. The van der Waals surface area contributed by atoms with Crippen LogP contribution >= 0.6 is 11.8 Å². The van der Waals surface area contributed by atoms with Crippen molar-refractivity contribution >= 4 is 39.8 Å². The van der Waals surface area contributed by atoms with Crippen LogP contribution in [0.4, 0.5) is 0 Å². The predicted octanol–water partition coefficient (Wildman–Crippen LogP) is 2.40. The molecule has 1 saturated heterocycles. The summed E-state index contributed by atoms with van der Waals surface area (Å²) in [5, 5.41) is -0.106. The second kappa shape index (κ2) is 3.85. The van der Waals surface area contributed by atoms with Gasteiger partial charge in [-0.25, -0.2) is 4.98 Å². The molecule has 0 bridgehead atoms. The summed E-state index contributed by atoms with van der Waals surface area (Å²) in [7, 11) is 0. The van der Waals surface area contributed by atoms with Gasteiger partial charge in [-0.15, -0.1) is 0 Å². The Bertz CT molecular complexity index is 657. The summed E-state index contributed by atoms with van der Waals surface area (Å²) >= 11 is 0.985. The maximum atomic E-state index is 11.4. The van der Waals surface area contributed by atoms with Crippen molar-refractivity contribution in [2.75, 3.05) is 0 Å². The number of hydrogen-bond donors (Lipinski definition) is 0. The molecule has 5 heteroatoms. The van der Waals surface area contributed by atoms with Crippen molar-refractivity contribution in [1.82, 2.24) is 4.98 Å². The van der Waals surface area contributed by atoms with Crippen LogP contribution in [0.25, 0.3) is 17.2 Å². The van der Waals surface area contributed by atoms with Crippen LogP contribution in [0.3, 0.4) is 0 Å². The molecule has 1 aliphatic rings. The topological polar surface area (TPSA) is 60.2 Å². The van der Waals surface area contributed by atoms with Gasteiger partial charge in [-0.1, -0.05) is 0 Å². The Hall–Kier alpha value is -1.88. The lowest BCUT2D eigenvalue weighted by atomic mass is 10.2. The highest BCUT2D eigenvalue weighted by Crippen LogP contribution is 2.30. The predicted molar refractivity (Wildman–Crippen MR) is 64.2 cm³/mol. The van der Waals surface area contributed by atoms with Crippen LogP contribution < -0.4 is 0 Å². The van der Waals surface area contributed by atoms with E-state index in [9.17, 15) is 9.59 Å². The highest BCUT2D eigenvalue weighted by atomic mass is 32.2. The van der Waals surface area contributed by atoms with E-state index in [2.05, 4.69) is 4.98 Å². The molecule has 1 fully saturated rings. The molecule has 0 spiro atoms. The minimum atomic E-state index is -0.130. The number of furan rings is 1. The van der Waals surface area contributed by atoms with E-state index in [0.717, 1.165) is 17.3 Å². The lowest BCUT2D eigenvalue weighted by molar-refractivity contribution is -0.119. The average molecular weight is 245 g/mol. The summed E-state index contributed by atoms with van der Waals surface area (Å²) in [6, 6.07) is 5.31. The molecule has 2 aromatic heterocycles. The first-order valence-corrected chi connectivity index (χ1v) is 5.84. The third-order valence-corrected chi connectivity index (χ3v) is 3.35. The lowest BCUT2D eigenvalue weighted by Crippen LogP contribution is -1.92. The van der Waals surface area contributed by atoms with Crippen molar-refractivity contribution in [3.05, 3.63) is 35.1 Å². The molecular weight excluding hydrogens is 238 g/mol. The van der Waals surface area contributed by atoms with E-state index in [0.29, 0.717) is 16.2 Å². The van der Waals surface area contributed by atoms with Crippen molar-refractivity contribution in [1.29, 1.82) is 0 Å². The van der Waals surface area contributed by atoms with E-state index in [1.165, 1.54) is 0 Å². The Balaban J connectivity index is 2.01. The summed E-state index contributed by atoms with van der Waals surface area (Å²) in [6.07, 6.45) is 3.20. The molecule has 3 rings (SSSR count). The molecule has 17 heavy (non-hydrogen) atoms. The minimum absolute atomic E-state index is 0.00947. The highest BCUT2D eigenvalue weighted by molar-refractivity contribution is 8.18. The number of carbonyl (C=O) groups excluding carboxylic acids is 2. The molecule has 0 aliphatic carbocycles. The van der Waals surface area contributed by atoms with Gasteiger partial charge in [-0.2, -0.15) is 0 Å². The first-order chi connectivity index (χ1) is 8.22. The fraction of sp³-hybridized carbons (Fsp3) is 0.0833. The second-order valence-electron chi connectivity index (χ2n) is 3.62. The van der Waals surface area contributed by atoms with Crippen molar-refractivity contribution in [2.24, 2.45) is 0 Å². The Morgan fingerprint density at radius 1 is 1.29 bits per heavy atom.